The molecule has 1 aromatic rings. The van der Waals surface area contributed by atoms with Crippen LogP contribution in [-0.4, -0.2) is 34.9 Å². The van der Waals surface area contributed by atoms with Crippen LogP contribution in [0, 0.1) is 5.82 Å². The third kappa shape index (κ3) is 5.28. The van der Waals surface area contributed by atoms with Gasteiger partial charge in [0, 0.05) is 47.7 Å². The van der Waals surface area contributed by atoms with Crippen molar-refractivity contribution < 1.29 is 13.4 Å². The largest absolute Gasteiger partial charge is 0.349 e. The van der Waals surface area contributed by atoms with Crippen molar-refractivity contribution in [3.05, 3.63) is 34.6 Å². The van der Waals surface area contributed by atoms with Gasteiger partial charge in [-0.2, -0.15) is 0 Å². The van der Waals surface area contributed by atoms with Gasteiger partial charge in [0.1, 0.15) is 5.82 Å². The van der Waals surface area contributed by atoms with Crippen LogP contribution in [0.15, 0.2) is 18.2 Å². The summed E-state index contributed by atoms with van der Waals surface area (Å²) in [5, 5.41) is 0.290. The van der Waals surface area contributed by atoms with E-state index in [4.69, 9.17) is 11.6 Å². The van der Waals surface area contributed by atoms with Crippen molar-refractivity contribution in [2.75, 3.05) is 19.8 Å². The third-order valence-corrected chi connectivity index (χ3v) is 4.34. The van der Waals surface area contributed by atoms with Crippen LogP contribution in [0.4, 0.5) is 4.39 Å². The summed E-state index contributed by atoms with van der Waals surface area (Å²) in [6.07, 6.45) is 0.874. The summed E-state index contributed by atoms with van der Waals surface area (Å²) in [7, 11) is 2.14. The number of amides is 1. The molecule has 0 saturated carbocycles. The monoisotopic (exact) mass is 305 g/mol. The SMILES string of the molecule is CN(C)C(=O)CCC[S@@](=O)Cc1c(F)cccc1Cl. The van der Waals surface area contributed by atoms with Gasteiger partial charge < -0.3 is 4.90 Å². The zero-order valence-electron chi connectivity index (χ0n) is 11.0. The minimum absolute atomic E-state index is 0.000856. The van der Waals surface area contributed by atoms with E-state index in [1.165, 1.54) is 17.0 Å². The van der Waals surface area contributed by atoms with E-state index in [1.54, 1.807) is 20.2 Å². The lowest BCUT2D eigenvalue weighted by Gasteiger charge is -2.10. The van der Waals surface area contributed by atoms with Crippen LogP contribution < -0.4 is 0 Å². The highest BCUT2D eigenvalue weighted by molar-refractivity contribution is 7.84. The van der Waals surface area contributed by atoms with Crippen molar-refractivity contribution in [2.45, 2.75) is 18.6 Å². The van der Waals surface area contributed by atoms with Gasteiger partial charge in [-0.15, -0.1) is 0 Å². The van der Waals surface area contributed by atoms with Crippen LogP contribution in [0.2, 0.25) is 5.02 Å². The van der Waals surface area contributed by atoms with Gasteiger partial charge in [-0.05, 0) is 18.6 Å². The first-order valence-corrected chi connectivity index (χ1v) is 7.76. The molecule has 0 N–H and O–H groups in total. The molecule has 0 saturated heterocycles. The molecule has 3 nitrogen and oxygen atoms in total. The van der Waals surface area contributed by atoms with Gasteiger partial charge in [0.15, 0.2) is 0 Å². The summed E-state index contributed by atoms with van der Waals surface area (Å²) < 4.78 is 25.3. The van der Waals surface area contributed by atoms with Crippen molar-refractivity contribution >= 4 is 28.3 Å². The number of hydrogen-bond donors (Lipinski definition) is 0. The minimum atomic E-state index is -1.22. The fraction of sp³-hybridized carbons (Fsp3) is 0.462. The van der Waals surface area contributed by atoms with E-state index in [2.05, 4.69) is 0 Å². The number of carbonyl (C=O) groups excluding carboxylic acids is 1. The van der Waals surface area contributed by atoms with E-state index in [9.17, 15) is 13.4 Å². The van der Waals surface area contributed by atoms with Gasteiger partial charge in [-0.3, -0.25) is 9.00 Å². The zero-order chi connectivity index (χ0) is 14.4. The minimum Gasteiger partial charge on any atom is -0.349 e. The van der Waals surface area contributed by atoms with Crippen molar-refractivity contribution in [1.29, 1.82) is 0 Å². The van der Waals surface area contributed by atoms with Crippen LogP contribution >= 0.6 is 11.6 Å². The molecule has 0 aliphatic rings. The topological polar surface area (TPSA) is 37.4 Å². The number of benzene rings is 1. The van der Waals surface area contributed by atoms with Gasteiger partial charge in [0.2, 0.25) is 5.91 Å². The highest BCUT2D eigenvalue weighted by Gasteiger charge is 2.11. The summed E-state index contributed by atoms with van der Waals surface area (Å²) >= 11 is 5.86. The fourth-order valence-electron chi connectivity index (χ4n) is 1.51. The standard InChI is InChI=1S/C13H17ClFNO2S/c1-16(2)13(17)7-4-8-19(18)9-10-11(14)5-3-6-12(10)15/h3,5-6H,4,7-9H2,1-2H3/t19-/m1/s1. The number of rotatable bonds is 6. The first kappa shape index (κ1) is 16.1. The first-order valence-electron chi connectivity index (χ1n) is 5.90. The second-order valence-electron chi connectivity index (χ2n) is 4.38. The van der Waals surface area contributed by atoms with E-state index in [1.807, 2.05) is 0 Å². The molecular formula is C13H17ClFNO2S. The Morgan fingerprint density at radius 1 is 1.42 bits per heavy atom. The Kier molecular flexibility index (Phi) is 6.45. The number of carbonyl (C=O) groups is 1. The third-order valence-electron chi connectivity index (χ3n) is 2.63. The zero-order valence-corrected chi connectivity index (χ0v) is 12.6. The van der Waals surface area contributed by atoms with Gasteiger partial charge in [0.05, 0.1) is 5.75 Å². The summed E-state index contributed by atoms with van der Waals surface area (Å²) in [4.78, 5) is 12.8. The normalized spacial score (nSPS) is 12.2. The Balaban J connectivity index is 2.46. The summed E-state index contributed by atoms with van der Waals surface area (Å²) in [5.41, 5.74) is 0.279. The Hall–Kier alpha value is -0.940. The average molecular weight is 306 g/mol. The number of nitrogens with zero attached hydrogens (tertiary/aromatic N) is 1. The van der Waals surface area contributed by atoms with E-state index >= 15 is 0 Å². The Morgan fingerprint density at radius 2 is 2.11 bits per heavy atom. The molecule has 0 bridgehead atoms. The van der Waals surface area contributed by atoms with Gasteiger partial charge in [-0.1, -0.05) is 17.7 Å². The highest BCUT2D eigenvalue weighted by Crippen LogP contribution is 2.20. The van der Waals surface area contributed by atoms with Gasteiger partial charge >= 0.3 is 0 Å². The highest BCUT2D eigenvalue weighted by atomic mass is 35.5. The van der Waals surface area contributed by atoms with E-state index in [0.29, 0.717) is 18.6 Å². The summed E-state index contributed by atoms with van der Waals surface area (Å²) in [6, 6.07) is 4.39. The number of halogens is 2. The molecule has 0 fully saturated rings. The molecule has 1 amide bonds. The molecule has 0 aliphatic heterocycles. The predicted molar refractivity (Wildman–Crippen MR) is 76.1 cm³/mol. The summed E-state index contributed by atoms with van der Waals surface area (Å²) in [6.45, 7) is 0. The van der Waals surface area contributed by atoms with Crippen molar-refractivity contribution in [3.8, 4) is 0 Å². The molecule has 106 valence electrons. The smallest absolute Gasteiger partial charge is 0.222 e. The van der Waals surface area contributed by atoms with Crippen LogP contribution in [0.3, 0.4) is 0 Å². The Labute approximate surface area is 120 Å². The maximum absolute atomic E-state index is 13.5. The van der Waals surface area contributed by atoms with Crippen LogP contribution in [-0.2, 0) is 21.3 Å². The molecule has 0 aromatic heterocycles. The summed E-state index contributed by atoms with van der Waals surface area (Å²) in [5.74, 6) is 0.0115. The fourth-order valence-corrected chi connectivity index (χ4v) is 3.05. The van der Waals surface area contributed by atoms with E-state index in [-0.39, 0.29) is 22.2 Å². The molecule has 6 heteroatoms. The average Bonchev–Trinajstić information content (AvgIpc) is 2.33. The second-order valence-corrected chi connectivity index (χ2v) is 6.36. The number of hydrogen-bond acceptors (Lipinski definition) is 2. The van der Waals surface area contributed by atoms with Crippen LogP contribution in [0.1, 0.15) is 18.4 Å². The van der Waals surface area contributed by atoms with Crippen LogP contribution in [0.25, 0.3) is 0 Å². The van der Waals surface area contributed by atoms with Crippen molar-refractivity contribution in [3.63, 3.8) is 0 Å². The maximum Gasteiger partial charge on any atom is 0.222 e. The second kappa shape index (κ2) is 7.60. The quantitative estimate of drug-likeness (QED) is 0.810. The van der Waals surface area contributed by atoms with Gasteiger partial charge in [0.25, 0.3) is 0 Å². The van der Waals surface area contributed by atoms with Gasteiger partial charge in [-0.25, -0.2) is 4.39 Å². The van der Waals surface area contributed by atoms with Crippen molar-refractivity contribution in [2.24, 2.45) is 0 Å². The van der Waals surface area contributed by atoms with E-state index in [0.717, 1.165) is 0 Å². The predicted octanol–water partition coefficient (Wildman–Crippen LogP) is 2.60. The Morgan fingerprint density at radius 3 is 2.68 bits per heavy atom. The molecule has 0 radical (unpaired) electrons. The molecule has 0 spiro atoms. The molecule has 1 rings (SSSR count). The molecular weight excluding hydrogens is 289 g/mol. The molecule has 0 aliphatic carbocycles. The molecule has 1 atom stereocenters. The lowest BCUT2D eigenvalue weighted by Crippen LogP contribution is -2.21. The lowest BCUT2D eigenvalue weighted by molar-refractivity contribution is -0.128. The first-order chi connectivity index (χ1) is 8.91. The lowest BCUT2D eigenvalue weighted by atomic mass is 10.2. The molecule has 0 unspecified atom stereocenters. The van der Waals surface area contributed by atoms with E-state index < -0.39 is 16.6 Å². The van der Waals surface area contributed by atoms with Crippen LogP contribution in [0.5, 0.6) is 0 Å². The molecule has 1 aromatic carbocycles. The molecule has 19 heavy (non-hydrogen) atoms. The molecule has 0 heterocycles. The van der Waals surface area contributed by atoms with Crippen molar-refractivity contribution in [1.82, 2.24) is 4.90 Å². The maximum atomic E-state index is 13.5. The Bertz CT molecular complexity index is 459.